The van der Waals surface area contributed by atoms with Crippen molar-refractivity contribution in [3.8, 4) is 11.5 Å². The number of aliphatic hydroxyl groups is 1. The molecule has 1 atom stereocenters. The van der Waals surface area contributed by atoms with Crippen LogP contribution in [0.15, 0.2) is 53.3 Å². The quantitative estimate of drug-likeness (QED) is 0.522. The fourth-order valence-electron chi connectivity index (χ4n) is 3.29. The minimum Gasteiger partial charge on any atom is -0.369 e. The lowest BCUT2D eigenvalue weighted by atomic mass is 10.1. The minimum absolute atomic E-state index is 0.221. The van der Waals surface area contributed by atoms with E-state index in [0.29, 0.717) is 16.7 Å². The Morgan fingerprint density at radius 1 is 1.05 bits per heavy atom. The lowest BCUT2D eigenvalue weighted by molar-refractivity contribution is 0.152. The van der Waals surface area contributed by atoms with Crippen LogP contribution >= 0.6 is 0 Å². The SMILES string of the molecule is O=c1c2ccccc2nc2n1C(O)c1c-2[nH]c2ccccc12. The van der Waals surface area contributed by atoms with Crippen molar-refractivity contribution in [1.82, 2.24) is 14.5 Å². The number of aromatic nitrogens is 3. The maximum atomic E-state index is 12.7. The van der Waals surface area contributed by atoms with Gasteiger partial charge in [0.25, 0.3) is 5.56 Å². The highest BCUT2D eigenvalue weighted by Gasteiger charge is 2.33. The van der Waals surface area contributed by atoms with E-state index >= 15 is 0 Å². The molecule has 4 aromatic rings. The number of fused-ring (bicyclic) bond motifs is 6. The van der Waals surface area contributed by atoms with E-state index in [1.165, 1.54) is 4.57 Å². The van der Waals surface area contributed by atoms with Gasteiger partial charge in [0.1, 0.15) is 0 Å². The van der Waals surface area contributed by atoms with E-state index in [2.05, 4.69) is 9.97 Å². The van der Waals surface area contributed by atoms with Gasteiger partial charge in [0.15, 0.2) is 12.1 Å². The van der Waals surface area contributed by atoms with Gasteiger partial charge in [-0.25, -0.2) is 4.98 Å². The zero-order valence-electron chi connectivity index (χ0n) is 11.4. The molecule has 0 radical (unpaired) electrons. The number of hydrogen-bond acceptors (Lipinski definition) is 3. The highest BCUT2D eigenvalue weighted by molar-refractivity contribution is 5.92. The van der Waals surface area contributed by atoms with E-state index in [4.69, 9.17) is 0 Å². The summed E-state index contributed by atoms with van der Waals surface area (Å²) in [6.07, 6.45) is -1.01. The van der Waals surface area contributed by atoms with Crippen LogP contribution in [0.25, 0.3) is 33.3 Å². The van der Waals surface area contributed by atoms with Gasteiger partial charge in [-0.1, -0.05) is 30.3 Å². The number of hydrogen-bond donors (Lipinski definition) is 2. The molecular weight excluding hydrogens is 278 g/mol. The van der Waals surface area contributed by atoms with Gasteiger partial charge in [-0.05, 0) is 18.2 Å². The predicted molar refractivity (Wildman–Crippen MR) is 83.7 cm³/mol. The van der Waals surface area contributed by atoms with Crippen molar-refractivity contribution in [1.29, 1.82) is 0 Å². The van der Waals surface area contributed by atoms with Crippen LogP contribution in [-0.4, -0.2) is 19.6 Å². The summed E-state index contributed by atoms with van der Waals surface area (Å²) in [5, 5.41) is 12.1. The molecule has 0 fully saturated rings. The zero-order chi connectivity index (χ0) is 14.8. The van der Waals surface area contributed by atoms with Gasteiger partial charge >= 0.3 is 0 Å². The summed E-state index contributed by atoms with van der Waals surface area (Å²) in [5.74, 6) is 0.488. The minimum atomic E-state index is -1.01. The van der Waals surface area contributed by atoms with Gasteiger partial charge in [0.05, 0.1) is 16.6 Å². The van der Waals surface area contributed by atoms with E-state index < -0.39 is 6.23 Å². The summed E-state index contributed by atoms with van der Waals surface area (Å²) in [4.78, 5) is 20.5. The molecule has 3 heterocycles. The number of aliphatic hydroxyl groups excluding tert-OH is 1. The van der Waals surface area contributed by atoms with Crippen LogP contribution in [0.1, 0.15) is 11.8 Å². The third kappa shape index (κ3) is 1.27. The highest BCUT2D eigenvalue weighted by atomic mass is 16.3. The Morgan fingerprint density at radius 3 is 2.64 bits per heavy atom. The lowest BCUT2D eigenvalue weighted by Crippen LogP contribution is -2.24. The van der Waals surface area contributed by atoms with E-state index in [0.717, 1.165) is 22.2 Å². The van der Waals surface area contributed by atoms with Crippen LogP contribution in [0.2, 0.25) is 0 Å². The van der Waals surface area contributed by atoms with Crippen molar-refractivity contribution in [2.75, 3.05) is 0 Å². The number of H-pyrrole nitrogens is 1. The molecule has 0 aliphatic carbocycles. The first-order valence-electron chi connectivity index (χ1n) is 7.06. The Morgan fingerprint density at radius 2 is 1.77 bits per heavy atom. The van der Waals surface area contributed by atoms with Gasteiger partial charge < -0.3 is 10.1 Å². The first-order valence-corrected chi connectivity index (χ1v) is 7.06. The van der Waals surface area contributed by atoms with Crippen molar-refractivity contribution in [3.63, 3.8) is 0 Å². The first kappa shape index (κ1) is 11.7. The van der Waals surface area contributed by atoms with Gasteiger partial charge in [-0.3, -0.25) is 9.36 Å². The Kier molecular flexibility index (Phi) is 2.04. The molecule has 0 saturated heterocycles. The maximum Gasteiger partial charge on any atom is 0.264 e. The van der Waals surface area contributed by atoms with Gasteiger partial charge in [-0.2, -0.15) is 0 Å². The molecule has 0 amide bonds. The molecule has 5 heteroatoms. The number of rotatable bonds is 0. The first-order chi connectivity index (χ1) is 10.8. The average Bonchev–Trinajstić information content (AvgIpc) is 3.05. The molecule has 106 valence electrons. The number of nitrogens with one attached hydrogen (secondary N) is 1. The number of aromatic amines is 1. The third-order valence-corrected chi connectivity index (χ3v) is 4.28. The summed E-state index contributed by atoms with van der Waals surface area (Å²) in [7, 11) is 0. The number of para-hydroxylation sites is 2. The highest BCUT2D eigenvalue weighted by Crippen LogP contribution is 2.40. The van der Waals surface area contributed by atoms with Gasteiger partial charge in [0, 0.05) is 16.5 Å². The molecule has 2 aromatic heterocycles. The van der Waals surface area contributed by atoms with Crippen LogP contribution in [0.4, 0.5) is 0 Å². The molecule has 0 bridgehead atoms. The van der Waals surface area contributed by atoms with E-state index in [1.54, 1.807) is 12.1 Å². The molecule has 2 N–H and O–H groups in total. The largest absolute Gasteiger partial charge is 0.369 e. The molecule has 1 aliphatic rings. The summed E-state index contributed by atoms with van der Waals surface area (Å²) in [5.41, 5.74) is 2.78. The molecule has 0 spiro atoms. The Bertz CT molecular complexity index is 1120. The molecule has 5 rings (SSSR count). The zero-order valence-corrected chi connectivity index (χ0v) is 11.4. The molecule has 1 aliphatic heterocycles. The molecule has 0 saturated carbocycles. The molecule has 22 heavy (non-hydrogen) atoms. The second kappa shape index (κ2) is 3.84. The second-order valence-corrected chi connectivity index (χ2v) is 5.46. The van der Waals surface area contributed by atoms with Crippen molar-refractivity contribution in [2.24, 2.45) is 0 Å². The van der Waals surface area contributed by atoms with Crippen molar-refractivity contribution in [3.05, 3.63) is 64.4 Å². The van der Waals surface area contributed by atoms with E-state index in [1.807, 2.05) is 36.4 Å². The maximum absolute atomic E-state index is 12.7. The van der Waals surface area contributed by atoms with Crippen molar-refractivity contribution < 1.29 is 5.11 Å². The summed E-state index contributed by atoms with van der Waals surface area (Å²) in [6.45, 7) is 0. The Hall–Kier alpha value is -2.92. The van der Waals surface area contributed by atoms with Crippen molar-refractivity contribution in [2.45, 2.75) is 6.23 Å². The molecular formula is C17H11N3O2. The molecule has 5 nitrogen and oxygen atoms in total. The van der Waals surface area contributed by atoms with Crippen LogP contribution < -0.4 is 5.56 Å². The smallest absolute Gasteiger partial charge is 0.264 e. The summed E-state index contributed by atoms with van der Waals surface area (Å²) < 4.78 is 1.36. The summed E-state index contributed by atoms with van der Waals surface area (Å²) >= 11 is 0. The van der Waals surface area contributed by atoms with Gasteiger partial charge in [-0.15, -0.1) is 0 Å². The fourth-order valence-corrected chi connectivity index (χ4v) is 3.29. The molecule has 2 aromatic carbocycles. The molecule has 1 unspecified atom stereocenters. The van der Waals surface area contributed by atoms with Crippen LogP contribution in [-0.2, 0) is 0 Å². The van der Waals surface area contributed by atoms with Gasteiger partial charge in [0.2, 0.25) is 0 Å². The number of nitrogens with zero attached hydrogens (tertiary/aromatic N) is 2. The Balaban J connectivity index is 1.97. The van der Waals surface area contributed by atoms with Crippen LogP contribution in [0.5, 0.6) is 0 Å². The summed E-state index contributed by atoms with van der Waals surface area (Å²) in [6, 6.07) is 14.9. The number of benzene rings is 2. The average molecular weight is 289 g/mol. The monoisotopic (exact) mass is 289 g/mol. The van der Waals surface area contributed by atoms with E-state index in [-0.39, 0.29) is 5.56 Å². The van der Waals surface area contributed by atoms with E-state index in [9.17, 15) is 9.90 Å². The third-order valence-electron chi connectivity index (χ3n) is 4.28. The fraction of sp³-hybridized carbons (Fsp3) is 0.0588. The van der Waals surface area contributed by atoms with Crippen LogP contribution in [0, 0.1) is 0 Å². The standard InChI is InChI=1S/C17H11N3O2/c21-16-10-6-2-4-8-12(10)19-15-14-13(17(22)20(15)16)9-5-1-3-7-11(9)18-14/h1-8,17-18,22H. The Labute approximate surface area is 124 Å². The normalized spacial score (nSPS) is 16.1. The van der Waals surface area contributed by atoms with Crippen molar-refractivity contribution >= 4 is 21.8 Å². The van der Waals surface area contributed by atoms with Crippen LogP contribution in [0.3, 0.4) is 0 Å². The topological polar surface area (TPSA) is 70.9 Å². The second-order valence-electron chi connectivity index (χ2n) is 5.46. The predicted octanol–water partition coefficient (Wildman–Crippen LogP) is 2.40. The lowest BCUT2D eigenvalue weighted by Gasteiger charge is -2.10.